The first-order valence-corrected chi connectivity index (χ1v) is 7.80. The second kappa shape index (κ2) is 6.34. The van der Waals surface area contributed by atoms with E-state index in [1.165, 1.54) is 4.52 Å². The van der Waals surface area contributed by atoms with E-state index in [2.05, 4.69) is 10.1 Å². The maximum Gasteiger partial charge on any atom is 0.339 e. The molecule has 1 atom stereocenters. The van der Waals surface area contributed by atoms with E-state index in [1.54, 1.807) is 19.2 Å². The third-order valence-corrected chi connectivity index (χ3v) is 4.07. The average Bonchev–Trinajstić information content (AvgIpc) is 2.94. The van der Waals surface area contributed by atoms with Gasteiger partial charge in [-0.25, -0.2) is 9.31 Å². The number of piperidine rings is 1. The van der Waals surface area contributed by atoms with Gasteiger partial charge in [-0.2, -0.15) is 4.98 Å². The van der Waals surface area contributed by atoms with Gasteiger partial charge in [0.15, 0.2) is 5.65 Å². The van der Waals surface area contributed by atoms with E-state index in [4.69, 9.17) is 10.5 Å². The molecule has 0 aliphatic carbocycles. The van der Waals surface area contributed by atoms with Gasteiger partial charge in [-0.1, -0.05) is 0 Å². The molecule has 1 aliphatic rings. The van der Waals surface area contributed by atoms with Crippen LogP contribution in [-0.4, -0.2) is 51.3 Å². The van der Waals surface area contributed by atoms with E-state index in [9.17, 15) is 14.7 Å². The number of ether oxygens (including phenoxy) is 1. The van der Waals surface area contributed by atoms with Crippen LogP contribution in [0.3, 0.4) is 0 Å². The number of esters is 1. The summed E-state index contributed by atoms with van der Waals surface area (Å²) in [5, 5.41) is 13.4. The van der Waals surface area contributed by atoms with Gasteiger partial charge in [-0.15, -0.1) is 5.10 Å². The standard InChI is InChI=1S/C15H19N5O4/c1-2-24-14(23)9-4-3-5-19(7-9)10-6-11(13(21)22)12-17-15(16)18-20(12)8-10/h6,8-9H,2-5,7H2,1H3,(H2,16,18)(H,21,22). The molecule has 0 amide bonds. The SMILES string of the molecule is CCOC(=O)C1CCCN(c2cc(C(=O)O)c3nc(N)nn3c2)C1. The monoisotopic (exact) mass is 333 g/mol. The van der Waals surface area contributed by atoms with E-state index in [1.807, 2.05) is 4.90 Å². The zero-order valence-electron chi connectivity index (χ0n) is 13.3. The fourth-order valence-corrected chi connectivity index (χ4v) is 2.98. The average molecular weight is 333 g/mol. The predicted octanol–water partition coefficient (Wildman–Crippen LogP) is 0.789. The molecule has 0 radical (unpaired) electrons. The largest absolute Gasteiger partial charge is 0.478 e. The zero-order valence-corrected chi connectivity index (χ0v) is 13.3. The fraction of sp³-hybridized carbons (Fsp3) is 0.467. The lowest BCUT2D eigenvalue weighted by atomic mass is 9.97. The van der Waals surface area contributed by atoms with Crippen LogP contribution in [-0.2, 0) is 9.53 Å². The summed E-state index contributed by atoms with van der Waals surface area (Å²) in [6.45, 7) is 3.33. The van der Waals surface area contributed by atoms with Gasteiger partial charge < -0.3 is 20.5 Å². The van der Waals surface area contributed by atoms with Crippen molar-refractivity contribution >= 4 is 29.2 Å². The van der Waals surface area contributed by atoms with Crippen LogP contribution in [0.1, 0.15) is 30.1 Å². The Labute approximate surface area is 138 Å². The molecule has 2 aromatic heterocycles. The number of carbonyl (C=O) groups excluding carboxylic acids is 1. The smallest absolute Gasteiger partial charge is 0.339 e. The molecule has 0 saturated carbocycles. The molecule has 9 nitrogen and oxygen atoms in total. The number of hydrogen-bond donors (Lipinski definition) is 2. The Morgan fingerprint density at radius 3 is 3.00 bits per heavy atom. The molecule has 3 heterocycles. The number of carbonyl (C=O) groups is 2. The van der Waals surface area contributed by atoms with Crippen LogP contribution < -0.4 is 10.6 Å². The lowest BCUT2D eigenvalue weighted by molar-refractivity contribution is -0.148. The molecule has 0 aromatic carbocycles. The normalized spacial score (nSPS) is 17.9. The van der Waals surface area contributed by atoms with Crippen molar-refractivity contribution in [2.75, 3.05) is 30.3 Å². The molecule has 1 saturated heterocycles. The number of nitrogens with zero attached hydrogens (tertiary/aromatic N) is 4. The summed E-state index contributed by atoms with van der Waals surface area (Å²) < 4.78 is 6.46. The summed E-state index contributed by atoms with van der Waals surface area (Å²) in [4.78, 5) is 29.4. The molecular formula is C15H19N5O4. The number of carboxylic acids is 1. The minimum absolute atomic E-state index is 0.0118. The molecular weight excluding hydrogens is 314 g/mol. The summed E-state index contributed by atoms with van der Waals surface area (Å²) in [7, 11) is 0. The molecule has 24 heavy (non-hydrogen) atoms. The van der Waals surface area contributed by atoms with Gasteiger partial charge >= 0.3 is 11.9 Å². The molecule has 1 unspecified atom stereocenters. The van der Waals surface area contributed by atoms with Crippen LogP contribution >= 0.6 is 0 Å². The molecule has 0 spiro atoms. The number of pyridine rings is 1. The number of fused-ring (bicyclic) bond motifs is 1. The van der Waals surface area contributed by atoms with Crippen LogP contribution in [0.15, 0.2) is 12.3 Å². The first-order valence-electron chi connectivity index (χ1n) is 7.80. The second-order valence-electron chi connectivity index (χ2n) is 5.69. The number of anilines is 2. The topological polar surface area (TPSA) is 123 Å². The molecule has 9 heteroatoms. The van der Waals surface area contributed by atoms with Crippen LogP contribution in [0.2, 0.25) is 0 Å². The number of hydrogen-bond acceptors (Lipinski definition) is 7. The highest BCUT2D eigenvalue weighted by atomic mass is 16.5. The van der Waals surface area contributed by atoms with Crippen molar-refractivity contribution in [1.82, 2.24) is 14.6 Å². The van der Waals surface area contributed by atoms with Gasteiger partial charge in [0.2, 0.25) is 5.95 Å². The highest BCUT2D eigenvalue weighted by Gasteiger charge is 2.28. The highest BCUT2D eigenvalue weighted by Crippen LogP contribution is 2.26. The van der Waals surface area contributed by atoms with E-state index < -0.39 is 5.97 Å². The number of nitrogen functional groups attached to an aromatic ring is 1. The van der Waals surface area contributed by atoms with E-state index in [-0.39, 0.29) is 29.0 Å². The minimum atomic E-state index is -1.10. The highest BCUT2D eigenvalue weighted by molar-refractivity contribution is 5.95. The van der Waals surface area contributed by atoms with E-state index in [0.29, 0.717) is 18.8 Å². The van der Waals surface area contributed by atoms with Gasteiger partial charge in [0.25, 0.3) is 0 Å². The molecule has 3 rings (SSSR count). The lowest BCUT2D eigenvalue weighted by Gasteiger charge is -2.33. The van der Waals surface area contributed by atoms with Crippen molar-refractivity contribution in [3.05, 3.63) is 17.8 Å². The summed E-state index contributed by atoms with van der Waals surface area (Å²) in [5.41, 5.74) is 6.46. The Morgan fingerprint density at radius 2 is 2.29 bits per heavy atom. The Balaban J connectivity index is 1.93. The maximum atomic E-state index is 12.0. The third kappa shape index (κ3) is 2.97. The fourth-order valence-electron chi connectivity index (χ4n) is 2.98. The second-order valence-corrected chi connectivity index (χ2v) is 5.69. The third-order valence-electron chi connectivity index (χ3n) is 4.07. The quantitative estimate of drug-likeness (QED) is 0.787. The number of aromatic carboxylic acids is 1. The first kappa shape index (κ1) is 16.0. The van der Waals surface area contributed by atoms with Crippen molar-refractivity contribution in [2.24, 2.45) is 5.92 Å². The summed E-state index contributed by atoms with van der Waals surface area (Å²) in [6.07, 6.45) is 3.27. The van der Waals surface area contributed by atoms with Crippen molar-refractivity contribution in [2.45, 2.75) is 19.8 Å². The van der Waals surface area contributed by atoms with Gasteiger partial charge in [0.1, 0.15) is 5.56 Å². The van der Waals surface area contributed by atoms with Gasteiger partial charge in [-0.05, 0) is 25.8 Å². The Kier molecular flexibility index (Phi) is 4.24. The van der Waals surface area contributed by atoms with Crippen molar-refractivity contribution in [3.8, 4) is 0 Å². The minimum Gasteiger partial charge on any atom is -0.478 e. The summed E-state index contributed by atoms with van der Waals surface area (Å²) in [5.74, 6) is -1.53. The van der Waals surface area contributed by atoms with Crippen LogP contribution in [0.5, 0.6) is 0 Å². The Morgan fingerprint density at radius 1 is 1.50 bits per heavy atom. The van der Waals surface area contributed by atoms with Crippen molar-refractivity contribution in [3.63, 3.8) is 0 Å². The first-order chi connectivity index (χ1) is 11.5. The van der Waals surface area contributed by atoms with Crippen molar-refractivity contribution < 1.29 is 19.4 Å². The van der Waals surface area contributed by atoms with Crippen LogP contribution in [0.4, 0.5) is 11.6 Å². The van der Waals surface area contributed by atoms with Gasteiger partial charge in [0, 0.05) is 13.1 Å². The van der Waals surface area contributed by atoms with Crippen LogP contribution in [0.25, 0.3) is 5.65 Å². The predicted molar refractivity (Wildman–Crippen MR) is 85.9 cm³/mol. The number of rotatable bonds is 4. The molecule has 0 bridgehead atoms. The maximum absolute atomic E-state index is 12.0. The summed E-state index contributed by atoms with van der Waals surface area (Å²) in [6, 6.07) is 1.54. The van der Waals surface area contributed by atoms with Gasteiger partial charge in [0.05, 0.1) is 24.4 Å². The molecule has 3 N–H and O–H groups in total. The Bertz CT molecular complexity index is 788. The van der Waals surface area contributed by atoms with Crippen molar-refractivity contribution in [1.29, 1.82) is 0 Å². The number of carboxylic acid groups (broad SMARTS) is 1. The molecule has 1 fully saturated rings. The number of aromatic nitrogens is 3. The van der Waals surface area contributed by atoms with Gasteiger partial charge in [-0.3, -0.25) is 4.79 Å². The number of nitrogens with two attached hydrogens (primary N) is 1. The molecule has 1 aliphatic heterocycles. The van der Waals surface area contributed by atoms with Crippen LogP contribution in [0, 0.1) is 5.92 Å². The molecule has 128 valence electrons. The summed E-state index contributed by atoms with van der Waals surface area (Å²) >= 11 is 0. The molecule has 2 aromatic rings. The Hall–Kier alpha value is -2.84. The van der Waals surface area contributed by atoms with E-state index in [0.717, 1.165) is 19.4 Å². The lowest BCUT2D eigenvalue weighted by Crippen LogP contribution is -2.39. The zero-order chi connectivity index (χ0) is 17.3. The van der Waals surface area contributed by atoms with E-state index >= 15 is 0 Å².